The number of hydrogen-bond acceptors (Lipinski definition) is 5. The zero-order valence-corrected chi connectivity index (χ0v) is 11.4. The third-order valence-corrected chi connectivity index (χ3v) is 5.38. The molecule has 0 aromatic heterocycles. The second-order valence-corrected chi connectivity index (χ2v) is 6.51. The van der Waals surface area contributed by atoms with Gasteiger partial charge in [-0.25, -0.2) is 8.42 Å². The number of nitrogens with two attached hydrogens (primary N) is 1. The van der Waals surface area contributed by atoms with Crippen LogP contribution in [0.2, 0.25) is 0 Å². The molecule has 1 saturated heterocycles. The van der Waals surface area contributed by atoms with E-state index >= 15 is 0 Å². The third-order valence-electron chi connectivity index (χ3n) is 3.41. The van der Waals surface area contributed by atoms with Gasteiger partial charge in [-0.15, -0.1) is 0 Å². The van der Waals surface area contributed by atoms with E-state index in [1.54, 1.807) is 12.1 Å². The number of sulfonamides is 1. The zero-order valence-electron chi connectivity index (χ0n) is 10.6. The first kappa shape index (κ1) is 14.3. The highest BCUT2D eigenvalue weighted by Gasteiger charge is 2.32. The molecule has 1 heterocycles. The van der Waals surface area contributed by atoms with Crippen LogP contribution < -0.4 is 11.3 Å². The van der Waals surface area contributed by atoms with Crippen molar-refractivity contribution in [3.05, 3.63) is 24.3 Å². The van der Waals surface area contributed by atoms with Crippen LogP contribution in [-0.2, 0) is 10.0 Å². The molecule has 6 nitrogen and oxygen atoms in total. The Bertz CT molecular complexity index is 516. The van der Waals surface area contributed by atoms with Gasteiger partial charge in [-0.3, -0.25) is 5.84 Å². The van der Waals surface area contributed by atoms with E-state index in [9.17, 15) is 13.5 Å². The van der Waals surface area contributed by atoms with Crippen LogP contribution in [0.25, 0.3) is 0 Å². The highest BCUT2D eigenvalue weighted by atomic mass is 32.2. The van der Waals surface area contributed by atoms with Crippen LogP contribution in [-0.4, -0.2) is 37.0 Å². The Morgan fingerprint density at radius 3 is 2.58 bits per heavy atom. The summed E-state index contributed by atoms with van der Waals surface area (Å²) in [6.45, 7) is 0.326. The Labute approximate surface area is 113 Å². The molecule has 1 aromatic carbocycles. The van der Waals surface area contributed by atoms with Gasteiger partial charge in [0.05, 0.1) is 11.5 Å². The molecular formula is C12H19N3O3S. The molecule has 106 valence electrons. The Balaban J connectivity index is 2.29. The minimum absolute atomic E-state index is 0.137. The Kier molecular flexibility index (Phi) is 4.41. The van der Waals surface area contributed by atoms with E-state index in [1.807, 2.05) is 0 Å². The second kappa shape index (κ2) is 5.87. The molecular weight excluding hydrogens is 266 g/mol. The summed E-state index contributed by atoms with van der Waals surface area (Å²) in [5.74, 6) is 5.25. The lowest BCUT2D eigenvalue weighted by atomic mass is 10.1. The van der Waals surface area contributed by atoms with Crippen molar-refractivity contribution in [2.24, 2.45) is 5.84 Å². The SMILES string of the molecule is NNc1ccc(S(=O)(=O)N2CCCCC2CO)cc1. The van der Waals surface area contributed by atoms with E-state index in [-0.39, 0.29) is 17.5 Å². The summed E-state index contributed by atoms with van der Waals surface area (Å²) in [4.78, 5) is 0.229. The minimum Gasteiger partial charge on any atom is -0.395 e. The third kappa shape index (κ3) is 2.89. The number of hydrogen-bond donors (Lipinski definition) is 3. The molecule has 0 bridgehead atoms. The van der Waals surface area contributed by atoms with Crippen molar-refractivity contribution in [2.75, 3.05) is 18.6 Å². The van der Waals surface area contributed by atoms with E-state index in [2.05, 4.69) is 5.43 Å². The van der Waals surface area contributed by atoms with Gasteiger partial charge >= 0.3 is 0 Å². The fraction of sp³-hybridized carbons (Fsp3) is 0.500. The minimum atomic E-state index is -3.54. The van der Waals surface area contributed by atoms with Gasteiger partial charge in [-0.1, -0.05) is 6.42 Å². The lowest BCUT2D eigenvalue weighted by molar-refractivity contribution is 0.155. The number of nitrogens with zero attached hydrogens (tertiary/aromatic N) is 1. The molecule has 7 heteroatoms. The number of benzene rings is 1. The van der Waals surface area contributed by atoms with Gasteiger partial charge in [0.2, 0.25) is 10.0 Å². The molecule has 0 spiro atoms. The molecule has 0 aliphatic carbocycles. The van der Waals surface area contributed by atoms with Crippen molar-refractivity contribution >= 4 is 15.7 Å². The van der Waals surface area contributed by atoms with Crippen molar-refractivity contribution in [3.8, 4) is 0 Å². The quantitative estimate of drug-likeness (QED) is 0.553. The fourth-order valence-electron chi connectivity index (χ4n) is 2.33. The van der Waals surface area contributed by atoms with Crippen molar-refractivity contribution in [1.29, 1.82) is 0 Å². The molecule has 0 saturated carbocycles. The molecule has 1 aliphatic rings. The molecule has 4 N–H and O–H groups in total. The molecule has 2 rings (SSSR count). The van der Waals surface area contributed by atoms with E-state index in [0.29, 0.717) is 18.7 Å². The van der Waals surface area contributed by atoms with Crippen LogP contribution in [0.1, 0.15) is 19.3 Å². The average Bonchev–Trinajstić information content (AvgIpc) is 2.47. The largest absolute Gasteiger partial charge is 0.395 e. The van der Waals surface area contributed by atoms with Crippen molar-refractivity contribution in [2.45, 2.75) is 30.2 Å². The molecule has 1 aromatic rings. The van der Waals surface area contributed by atoms with Crippen LogP contribution in [0.4, 0.5) is 5.69 Å². The topological polar surface area (TPSA) is 95.7 Å². The molecule has 0 amide bonds. The van der Waals surface area contributed by atoms with Crippen LogP contribution in [0.15, 0.2) is 29.2 Å². The number of piperidine rings is 1. The van der Waals surface area contributed by atoms with E-state index in [4.69, 9.17) is 5.84 Å². The smallest absolute Gasteiger partial charge is 0.243 e. The van der Waals surface area contributed by atoms with Gasteiger partial charge in [0.1, 0.15) is 0 Å². The van der Waals surface area contributed by atoms with Crippen LogP contribution in [0.5, 0.6) is 0 Å². The number of anilines is 1. The van der Waals surface area contributed by atoms with E-state index in [1.165, 1.54) is 16.4 Å². The molecule has 1 fully saturated rings. The highest BCUT2D eigenvalue weighted by Crippen LogP contribution is 2.25. The summed E-state index contributed by atoms with van der Waals surface area (Å²) >= 11 is 0. The van der Waals surface area contributed by atoms with Gasteiger partial charge in [0, 0.05) is 18.3 Å². The summed E-state index contributed by atoms with van der Waals surface area (Å²) in [5, 5.41) is 9.32. The molecule has 1 unspecified atom stereocenters. The lowest BCUT2D eigenvalue weighted by Crippen LogP contribution is -2.45. The molecule has 1 aliphatic heterocycles. The monoisotopic (exact) mass is 285 g/mol. The summed E-state index contributed by atoms with van der Waals surface area (Å²) in [6.07, 6.45) is 2.49. The van der Waals surface area contributed by atoms with Crippen LogP contribution in [0, 0.1) is 0 Å². The van der Waals surface area contributed by atoms with Gasteiger partial charge in [0.15, 0.2) is 0 Å². The fourth-order valence-corrected chi connectivity index (χ4v) is 4.02. The van der Waals surface area contributed by atoms with Crippen molar-refractivity contribution < 1.29 is 13.5 Å². The number of hydrazine groups is 1. The summed E-state index contributed by atoms with van der Waals surface area (Å²) in [7, 11) is -3.54. The van der Waals surface area contributed by atoms with Gasteiger partial charge in [0.25, 0.3) is 0 Å². The lowest BCUT2D eigenvalue weighted by Gasteiger charge is -2.33. The summed E-state index contributed by atoms with van der Waals surface area (Å²) < 4.78 is 26.4. The normalized spacial score (nSPS) is 21.3. The first-order chi connectivity index (χ1) is 9.09. The van der Waals surface area contributed by atoms with Gasteiger partial charge in [-0.05, 0) is 37.1 Å². The number of rotatable bonds is 4. The predicted octanol–water partition coefficient (Wildman–Crippen LogP) is 0.508. The van der Waals surface area contributed by atoms with Crippen LogP contribution >= 0.6 is 0 Å². The average molecular weight is 285 g/mol. The number of nitrogens with one attached hydrogen (secondary N) is 1. The second-order valence-electron chi connectivity index (χ2n) is 4.62. The summed E-state index contributed by atoms with van der Waals surface area (Å²) in [5.41, 5.74) is 3.11. The maximum atomic E-state index is 12.5. The number of aliphatic hydroxyl groups is 1. The van der Waals surface area contributed by atoms with Crippen molar-refractivity contribution in [3.63, 3.8) is 0 Å². The maximum Gasteiger partial charge on any atom is 0.243 e. The molecule has 19 heavy (non-hydrogen) atoms. The van der Waals surface area contributed by atoms with E-state index < -0.39 is 10.0 Å². The Morgan fingerprint density at radius 1 is 1.32 bits per heavy atom. The standard InChI is InChI=1S/C12H19N3O3S/c13-14-10-4-6-12(7-5-10)19(17,18)15-8-2-1-3-11(15)9-16/h4-7,11,14,16H,1-3,8-9,13H2. The van der Waals surface area contributed by atoms with Crippen molar-refractivity contribution in [1.82, 2.24) is 4.31 Å². The first-order valence-corrected chi connectivity index (χ1v) is 7.73. The van der Waals surface area contributed by atoms with Gasteiger partial charge < -0.3 is 10.5 Å². The predicted molar refractivity (Wildman–Crippen MR) is 72.9 cm³/mol. The molecule has 1 atom stereocenters. The van der Waals surface area contributed by atoms with Crippen LogP contribution in [0.3, 0.4) is 0 Å². The van der Waals surface area contributed by atoms with Gasteiger partial charge in [-0.2, -0.15) is 4.31 Å². The number of aliphatic hydroxyl groups excluding tert-OH is 1. The first-order valence-electron chi connectivity index (χ1n) is 6.29. The highest BCUT2D eigenvalue weighted by molar-refractivity contribution is 7.89. The number of nitrogen functional groups attached to an aromatic ring is 1. The van der Waals surface area contributed by atoms with E-state index in [0.717, 1.165) is 12.8 Å². The Morgan fingerprint density at radius 2 is 2.00 bits per heavy atom. The molecule has 0 radical (unpaired) electrons. The summed E-state index contributed by atoms with van der Waals surface area (Å²) in [6, 6.07) is 5.96. The maximum absolute atomic E-state index is 12.5. The zero-order chi connectivity index (χ0) is 13.9. The Hall–Kier alpha value is -1.15.